The predicted octanol–water partition coefficient (Wildman–Crippen LogP) is -0.376. The molecule has 0 aliphatic carbocycles. The number of carbonyl (C=O) groups is 3. The zero-order valence-electron chi connectivity index (χ0n) is 9.63. The molecule has 1 atom stereocenters. The fraction of sp³-hybridized carbons (Fsp3) is 0.250. The molecule has 94 valence electrons. The van der Waals surface area contributed by atoms with E-state index in [9.17, 15) is 14.4 Å². The van der Waals surface area contributed by atoms with Gasteiger partial charge >= 0.3 is 0 Å². The van der Waals surface area contributed by atoms with Crippen molar-refractivity contribution in [2.75, 3.05) is 11.4 Å². The van der Waals surface area contributed by atoms with E-state index in [4.69, 9.17) is 11.5 Å². The lowest BCUT2D eigenvalue weighted by molar-refractivity contribution is -0.123. The van der Waals surface area contributed by atoms with E-state index in [1.807, 2.05) is 0 Å². The SMILES string of the molecule is NC(=O)c1cccc(N2C[C@@H](C(N)=O)CC2=O)c1. The van der Waals surface area contributed by atoms with Gasteiger partial charge in [0.25, 0.3) is 0 Å². The molecule has 4 N–H and O–H groups in total. The topological polar surface area (TPSA) is 106 Å². The normalized spacial score (nSPS) is 19.0. The van der Waals surface area contributed by atoms with Crippen molar-refractivity contribution < 1.29 is 14.4 Å². The number of carbonyl (C=O) groups excluding carboxylic acids is 3. The zero-order valence-corrected chi connectivity index (χ0v) is 9.63. The minimum atomic E-state index is -0.560. The van der Waals surface area contributed by atoms with E-state index in [0.29, 0.717) is 11.3 Å². The van der Waals surface area contributed by atoms with Gasteiger partial charge in [-0.15, -0.1) is 0 Å². The van der Waals surface area contributed by atoms with E-state index in [0.717, 1.165) is 0 Å². The smallest absolute Gasteiger partial charge is 0.248 e. The summed E-state index contributed by atoms with van der Waals surface area (Å²) in [6.07, 6.45) is 0.107. The first-order chi connectivity index (χ1) is 8.49. The average Bonchev–Trinajstić information content (AvgIpc) is 2.72. The van der Waals surface area contributed by atoms with Gasteiger partial charge in [0.05, 0.1) is 5.92 Å². The second-order valence-electron chi connectivity index (χ2n) is 4.22. The molecule has 6 heteroatoms. The molecule has 0 saturated carbocycles. The molecule has 1 aromatic rings. The molecule has 1 heterocycles. The van der Waals surface area contributed by atoms with Crippen LogP contribution >= 0.6 is 0 Å². The Labute approximate surface area is 104 Å². The van der Waals surface area contributed by atoms with Crippen molar-refractivity contribution in [2.45, 2.75) is 6.42 Å². The number of benzene rings is 1. The second-order valence-corrected chi connectivity index (χ2v) is 4.22. The summed E-state index contributed by atoms with van der Waals surface area (Å²) in [5.74, 6) is -1.71. The van der Waals surface area contributed by atoms with Crippen LogP contribution in [-0.4, -0.2) is 24.3 Å². The summed E-state index contributed by atoms with van der Waals surface area (Å²) in [5, 5.41) is 0. The molecule has 18 heavy (non-hydrogen) atoms. The summed E-state index contributed by atoms with van der Waals surface area (Å²) in [5.41, 5.74) is 11.2. The Balaban J connectivity index is 2.27. The van der Waals surface area contributed by atoms with E-state index >= 15 is 0 Å². The van der Waals surface area contributed by atoms with Crippen LogP contribution in [0.5, 0.6) is 0 Å². The van der Waals surface area contributed by atoms with Gasteiger partial charge in [-0.3, -0.25) is 14.4 Å². The van der Waals surface area contributed by atoms with E-state index in [2.05, 4.69) is 0 Å². The van der Waals surface area contributed by atoms with Gasteiger partial charge in [0.15, 0.2) is 0 Å². The van der Waals surface area contributed by atoms with Crippen molar-refractivity contribution in [3.8, 4) is 0 Å². The third kappa shape index (κ3) is 2.17. The number of amides is 3. The first kappa shape index (κ1) is 12.1. The molecule has 2 rings (SSSR count). The summed E-state index contributed by atoms with van der Waals surface area (Å²) < 4.78 is 0. The summed E-state index contributed by atoms with van der Waals surface area (Å²) in [7, 11) is 0. The summed E-state index contributed by atoms with van der Waals surface area (Å²) in [6, 6.07) is 6.43. The van der Waals surface area contributed by atoms with Crippen molar-refractivity contribution in [2.24, 2.45) is 17.4 Å². The van der Waals surface area contributed by atoms with Crippen molar-refractivity contribution in [3.05, 3.63) is 29.8 Å². The van der Waals surface area contributed by atoms with Crippen LogP contribution in [0.2, 0.25) is 0 Å². The molecule has 1 aromatic carbocycles. The minimum Gasteiger partial charge on any atom is -0.369 e. The lowest BCUT2D eigenvalue weighted by atomic mass is 10.1. The Bertz CT molecular complexity index is 527. The second kappa shape index (κ2) is 4.48. The Hall–Kier alpha value is -2.37. The van der Waals surface area contributed by atoms with Gasteiger partial charge < -0.3 is 16.4 Å². The number of nitrogens with zero attached hydrogens (tertiary/aromatic N) is 1. The quantitative estimate of drug-likeness (QED) is 0.760. The molecule has 6 nitrogen and oxygen atoms in total. The summed E-state index contributed by atoms with van der Waals surface area (Å²) in [4.78, 5) is 35.4. The first-order valence-electron chi connectivity index (χ1n) is 5.48. The fourth-order valence-electron chi connectivity index (χ4n) is 1.97. The number of hydrogen-bond acceptors (Lipinski definition) is 3. The van der Waals surface area contributed by atoms with E-state index in [1.165, 1.54) is 11.0 Å². The molecule has 0 spiro atoms. The summed E-state index contributed by atoms with van der Waals surface area (Å²) in [6.45, 7) is 0.246. The molecular weight excluding hydrogens is 234 g/mol. The minimum absolute atomic E-state index is 0.107. The van der Waals surface area contributed by atoms with Crippen LogP contribution in [0, 0.1) is 5.92 Å². The van der Waals surface area contributed by atoms with Crippen LogP contribution in [-0.2, 0) is 9.59 Å². The van der Waals surface area contributed by atoms with E-state index < -0.39 is 17.7 Å². The molecule has 1 aliphatic rings. The molecule has 1 saturated heterocycles. The van der Waals surface area contributed by atoms with Crippen LogP contribution < -0.4 is 16.4 Å². The molecule has 0 radical (unpaired) electrons. The zero-order chi connectivity index (χ0) is 13.3. The van der Waals surface area contributed by atoms with Gasteiger partial charge in [-0.05, 0) is 18.2 Å². The maximum absolute atomic E-state index is 11.8. The number of rotatable bonds is 3. The molecule has 0 bridgehead atoms. The molecule has 3 amide bonds. The Morgan fingerprint density at radius 1 is 1.28 bits per heavy atom. The molecular formula is C12H13N3O3. The molecule has 0 aromatic heterocycles. The van der Waals surface area contributed by atoms with Crippen LogP contribution in [0.4, 0.5) is 5.69 Å². The van der Waals surface area contributed by atoms with E-state index in [1.54, 1.807) is 18.2 Å². The van der Waals surface area contributed by atoms with Crippen LogP contribution in [0.3, 0.4) is 0 Å². The predicted molar refractivity (Wildman–Crippen MR) is 64.6 cm³/mol. The van der Waals surface area contributed by atoms with Gasteiger partial charge in [0.1, 0.15) is 0 Å². The number of nitrogens with two attached hydrogens (primary N) is 2. The van der Waals surface area contributed by atoms with Gasteiger partial charge in [0, 0.05) is 24.2 Å². The third-order valence-electron chi connectivity index (χ3n) is 2.97. The van der Waals surface area contributed by atoms with Gasteiger partial charge in [0.2, 0.25) is 17.7 Å². The maximum Gasteiger partial charge on any atom is 0.248 e. The highest BCUT2D eigenvalue weighted by atomic mass is 16.2. The van der Waals surface area contributed by atoms with Crippen molar-refractivity contribution in [1.29, 1.82) is 0 Å². The van der Waals surface area contributed by atoms with Crippen LogP contribution in [0.25, 0.3) is 0 Å². The maximum atomic E-state index is 11.8. The van der Waals surface area contributed by atoms with Gasteiger partial charge in [-0.25, -0.2) is 0 Å². The average molecular weight is 247 g/mol. The van der Waals surface area contributed by atoms with Gasteiger partial charge in [-0.2, -0.15) is 0 Å². The number of hydrogen-bond donors (Lipinski definition) is 2. The van der Waals surface area contributed by atoms with Crippen molar-refractivity contribution in [1.82, 2.24) is 0 Å². The number of anilines is 1. The Kier molecular flexibility index (Phi) is 3.01. The lowest BCUT2D eigenvalue weighted by Crippen LogP contribution is -2.28. The summed E-state index contributed by atoms with van der Waals surface area (Å²) >= 11 is 0. The standard InChI is InChI=1S/C12H13N3O3/c13-11(17)7-2-1-3-9(4-7)15-6-8(12(14)18)5-10(15)16/h1-4,8H,5-6H2,(H2,13,17)(H2,14,18)/t8-/m0/s1. The van der Waals surface area contributed by atoms with Gasteiger partial charge in [-0.1, -0.05) is 6.07 Å². The molecule has 1 fully saturated rings. The highest BCUT2D eigenvalue weighted by Gasteiger charge is 2.33. The third-order valence-corrected chi connectivity index (χ3v) is 2.97. The highest BCUT2D eigenvalue weighted by Crippen LogP contribution is 2.25. The van der Waals surface area contributed by atoms with Crippen molar-refractivity contribution in [3.63, 3.8) is 0 Å². The Morgan fingerprint density at radius 3 is 2.56 bits per heavy atom. The van der Waals surface area contributed by atoms with Crippen LogP contribution in [0.1, 0.15) is 16.8 Å². The number of primary amides is 2. The highest BCUT2D eigenvalue weighted by molar-refractivity contribution is 6.01. The largest absolute Gasteiger partial charge is 0.369 e. The van der Waals surface area contributed by atoms with E-state index in [-0.39, 0.29) is 18.9 Å². The van der Waals surface area contributed by atoms with Crippen molar-refractivity contribution >= 4 is 23.4 Å². The fourth-order valence-corrected chi connectivity index (χ4v) is 1.97. The molecule has 1 aliphatic heterocycles. The Morgan fingerprint density at radius 2 is 2.00 bits per heavy atom. The van der Waals surface area contributed by atoms with Crippen LogP contribution in [0.15, 0.2) is 24.3 Å². The first-order valence-corrected chi connectivity index (χ1v) is 5.48. The monoisotopic (exact) mass is 247 g/mol. The molecule has 0 unspecified atom stereocenters. The lowest BCUT2D eigenvalue weighted by Gasteiger charge is -2.16.